The maximum atomic E-state index is 11.0. The second kappa shape index (κ2) is 2.91. The van der Waals surface area contributed by atoms with Gasteiger partial charge < -0.3 is 4.90 Å². The van der Waals surface area contributed by atoms with Gasteiger partial charge in [-0.2, -0.15) is 0 Å². The van der Waals surface area contributed by atoms with Crippen LogP contribution in [0.3, 0.4) is 0 Å². The first-order chi connectivity index (χ1) is 5.11. The first-order valence-corrected chi connectivity index (χ1v) is 3.77. The van der Waals surface area contributed by atoms with Crippen LogP contribution in [-0.4, -0.2) is 16.8 Å². The zero-order chi connectivity index (χ0) is 8.43. The number of carbonyl (C=O) groups is 1. The van der Waals surface area contributed by atoms with Crippen LogP contribution in [0.2, 0.25) is 0 Å². The minimum atomic E-state index is 0.0949. The molecule has 2 heteroatoms. The van der Waals surface area contributed by atoms with Crippen LogP contribution < -0.4 is 0 Å². The van der Waals surface area contributed by atoms with E-state index in [0.29, 0.717) is 0 Å². The largest absolute Gasteiger partial charge is 0.313 e. The van der Waals surface area contributed by atoms with E-state index in [0.717, 1.165) is 0 Å². The molecule has 1 heterocycles. The van der Waals surface area contributed by atoms with Crippen molar-refractivity contribution in [3.05, 3.63) is 23.9 Å². The summed E-state index contributed by atoms with van der Waals surface area (Å²) in [6, 6.07) is 0.206. The number of carbonyl (C=O) groups excluding carboxylic acids is 1. The van der Waals surface area contributed by atoms with Gasteiger partial charge >= 0.3 is 0 Å². The summed E-state index contributed by atoms with van der Waals surface area (Å²) in [5.41, 5.74) is 1.22. The quantitative estimate of drug-likeness (QED) is 0.516. The second-order valence-corrected chi connectivity index (χ2v) is 2.89. The van der Waals surface area contributed by atoms with Gasteiger partial charge in [0.2, 0.25) is 5.91 Å². The summed E-state index contributed by atoms with van der Waals surface area (Å²) in [4.78, 5) is 12.7. The van der Waals surface area contributed by atoms with E-state index in [1.165, 1.54) is 5.57 Å². The normalized spacial score (nSPS) is 23.4. The van der Waals surface area contributed by atoms with Crippen LogP contribution in [0.1, 0.15) is 20.8 Å². The SMILES string of the molecule is CC(=O)N1C=CC(C)=CC1C. The Labute approximate surface area is 67.2 Å². The average Bonchev–Trinajstić information content (AvgIpc) is 1.85. The zero-order valence-electron chi connectivity index (χ0n) is 7.16. The van der Waals surface area contributed by atoms with Crippen LogP contribution >= 0.6 is 0 Å². The molecule has 1 unspecified atom stereocenters. The molecular formula is C9H13NO. The van der Waals surface area contributed by atoms with Crippen LogP contribution in [-0.2, 0) is 4.79 Å². The van der Waals surface area contributed by atoms with Crippen molar-refractivity contribution in [1.82, 2.24) is 4.90 Å². The average molecular weight is 151 g/mol. The fourth-order valence-electron chi connectivity index (χ4n) is 1.24. The predicted octanol–water partition coefficient (Wildman–Crippen LogP) is 1.70. The summed E-state index contributed by atoms with van der Waals surface area (Å²) in [5.74, 6) is 0.0949. The Morgan fingerprint density at radius 2 is 2.27 bits per heavy atom. The highest BCUT2D eigenvalue weighted by atomic mass is 16.2. The van der Waals surface area contributed by atoms with Gasteiger partial charge in [0.05, 0.1) is 6.04 Å². The summed E-state index contributed by atoms with van der Waals surface area (Å²) in [7, 11) is 0. The molecule has 60 valence electrons. The lowest BCUT2D eigenvalue weighted by Crippen LogP contribution is -2.32. The van der Waals surface area contributed by atoms with Gasteiger partial charge in [-0.3, -0.25) is 4.79 Å². The molecule has 0 fully saturated rings. The molecular weight excluding hydrogens is 138 g/mol. The minimum absolute atomic E-state index is 0.0949. The maximum Gasteiger partial charge on any atom is 0.223 e. The Balaban J connectivity index is 2.77. The monoisotopic (exact) mass is 151 g/mol. The van der Waals surface area contributed by atoms with Crippen molar-refractivity contribution < 1.29 is 4.79 Å². The molecule has 0 bridgehead atoms. The van der Waals surface area contributed by atoms with E-state index in [-0.39, 0.29) is 11.9 Å². The summed E-state index contributed by atoms with van der Waals surface area (Å²) >= 11 is 0. The standard InChI is InChI=1S/C9H13NO/c1-7-4-5-10(9(3)11)8(2)6-7/h4-6,8H,1-3H3. The number of hydrogen-bond donors (Lipinski definition) is 0. The third-order valence-corrected chi connectivity index (χ3v) is 1.80. The lowest BCUT2D eigenvalue weighted by atomic mass is 10.1. The second-order valence-electron chi connectivity index (χ2n) is 2.89. The lowest BCUT2D eigenvalue weighted by molar-refractivity contribution is -0.127. The van der Waals surface area contributed by atoms with E-state index in [1.54, 1.807) is 11.8 Å². The molecule has 1 rings (SSSR count). The van der Waals surface area contributed by atoms with Crippen LogP contribution in [0.4, 0.5) is 0 Å². The van der Waals surface area contributed by atoms with Crippen molar-refractivity contribution >= 4 is 5.91 Å². The van der Waals surface area contributed by atoms with E-state index in [1.807, 2.05) is 26.1 Å². The van der Waals surface area contributed by atoms with Gasteiger partial charge in [0, 0.05) is 13.1 Å². The number of allylic oxidation sites excluding steroid dienone is 2. The molecule has 0 radical (unpaired) electrons. The molecule has 1 amide bonds. The summed E-state index contributed by atoms with van der Waals surface area (Å²) in [5, 5.41) is 0. The van der Waals surface area contributed by atoms with Crippen molar-refractivity contribution in [3.63, 3.8) is 0 Å². The van der Waals surface area contributed by atoms with E-state index in [4.69, 9.17) is 0 Å². The molecule has 0 saturated heterocycles. The fourth-order valence-corrected chi connectivity index (χ4v) is 1.24. The molecule has 2 nitrogen and oxygen atoms in total. The summed E-state index contributed by atoms with van der Waals surface area (Å²) in [6.07, 6.45) is 5.85. The topological polar surface area (TPSA) is 20.3 Å². The predicted molar refractivity (Wildman–Crippen MR) is 44.9 cm³/mol. The van der Waals surface area contributed by atoms with Gasteiger partial charge in [0.25, 0.3) is 0 Å². The molecule has 0 aromatic rings. The highest BCUT2D eigenvalue weighted by Gasteiger charge is 2.13. The lowest BCUT2D eigenvalue weighted by Gasteiger charge is -2.25. The third-order valence-electron chi connectivity index (χ3n) is 1.80. The maximum absolute atomic E-state index is 11.0. The van der Waals surface area contributed by atoms with Gasteiger partial charge in [0.1, 0.15) is 0 Å². The number of hydrogen-bond acceptors (Lipinski definition) is 1. The highest BCUT2D eigenvalue weighted by Crippen LogP contribution is 2.12. The molecule has 1 atom stereocenters. The Morgan fingerprint density at radius 1 is 1.64 bits per heavy atom. The third kappa shape index (κ3) is 1.70. The van der Waals surface area contributed by atoms with Gasteiger partial charge in [-0.1, -0.05) is 11.6 Å². The Bertz CT molecular complexity index is 228. The minimum Gasteiger partial charge on any atom is -0.313 e. The molecule has 0 aromatic heterocycles. The highest BCUT2D eigenvalue weighted by molar-refractivity contribution is 5.75. The zero-order valence-corrected chi connectivity index (χ0v) is 7.16. The Kier molecular flexibility index (Phi) is 2.13. The number of nitrogens with zero attached hydrogens (tertiary/aromatic N) is 1. The van der Waals surface area contributed by atoms with Crippen LogP contribution in [0.15, 0.2) is 23.9 Å². The van der Waals surface area contributed by atoms with Crippen molar-refractivity contribution in [3.8, 4) is 0 Å². The van der Waals surface area contributed by atoms with E-state index in [9.17, 15) is 4.79 Å². The van der Waals surface area contributed by atoms with Gasteiger partial charge in [-0.05, 0) is 19.9 Å². The van der Waals surface area contributed by atoms with Crippen molar-refractivity contribution in [2.75, 3.05) is 0 Å². The molecule has 0 saturated carbocycles. The summed E-state index contributed by atoms with van der Waals surface area (Å²) < 4.78 is 0. The summed E-state index contributed by atoms with van der Waals surface area (Å²) in [6.45, 7) is 5.62. The number of amides is 1. The van der Waals surface area contributed by atoms with Crippen molar-refractivity contribution in [2.24, 2.45) is 0 Å². The fraction of sp³-hybridized carbons (Fsp3) is 0.444. The Morgan fingerprint density at radius 3 is 2.73 bits per heavy atom. The molecule has 1 aliphatic rings. The van der Waals surface area contributed by atoms with Gasteiger partial charge in [-0.25, -0.2) is 0 Å². The van der Waals surface area contributed by atoms with Crippen molar-refractivity contribution in [1.29, 1.82) is 0 Å². The van der Waals surface area contributed by atoms with E-state index >= 15 is 0 Å². The van der Waals surface area contributed by atoms with E-state index < -0.39 is 0 Å². The van der Waals surface area contributed by atoms with Crippen molar-refractivity contribution in [2.45, 2.75) is 26.8 Å². The molecule has 0 spiro atoms. The smallest absolute Gasteiger partial charge is 0.223 e. The van der Waals surface area contributed by atoms with Crippen LogP contribution in [0.5, 0.6) is 0 Å². The van der Waals surface area contributed by atoms with Crippen LogP contribution in [0.25, 0.3) is 0 Å². The molecule has 1 aliphatic heterocycles. The first-order valence-electron chi connectivity index (χ1n) is 3.77. The molecule has 11 heavy (non-hydrogen) atoms. The van der Waals surface area contributed by atoms with E-state index in [2.05, 4.69) is 6.08 Å². The van der Waals surface area contributed by atoms with Crippen LogP contribution in [0, 0.1) is 0 Å². The molecule has 0 N–H and O–H groups in total. The van der Waals surface area contributed by atoms with Gasteiger partial charge in [0.15, 0.2) is 0 Å². The van der Waals surface area contributed by atoms with Gasteiger partial charge in [-0.15, -0.1) is 0 Å². The first kappa shape index (κ1) is 8.05. The molecule has 0 aromatic carbocycles. The molecule has 0 aliphatic carbocycles. The Hall–Kier alpha value is -1.05. The number of rotatable bonds is 0.